The largest absolute Gasteiger partial charge is 0.468 e. The highest BCUT2D eigenvalue weighted by atomic mass is 19.1. The maximum atomic E-state index is 13.4. The van der Waals surface area contributed by atoms with E-state index in [1.807, 2.05) is 4.57 Å². The third kappa shape index (κ3) is 1.80. The first-order valence-corrected chi connectivity index (χ1v) is 6.87. The SMILES string of the molecule is CCCn1c(C2(C(=O)OC)CC2)nc2cc(F)ccc21. The van der Waals surface area contributed by atoms with Gasteiger partial charge in [0.1, 0.15) is 17.1 Å². The summed E-state index contributed by atoms with van der Waals surface area (Å²) in [4.78, 5) is 16.6. The number of carbonyl (C=O) groups excluding carboxylic acids is 1. The molecule has 0 aliphatic heterocycles. The molecule has 0 N–H and O–H groups in total. The molecule has 106 valence electrons. The second kappa shape index (κ2) is 4.58. The van der Waals surface area contributed by atoms with E-state index in [0.717, 1.165) is 31.3 Å². The Kier molecular flexibility index (Phi) is 3.00. The van der Waals surface area contributed by atoms with Crippen molar-refractivity contribution < 1.29 is 13.9 Å². The second-order valence-electron chi connectivity index (χ2n) is 5.29. The van der Waals surface area contributed by atoms with Gasteiger partial charge in [0, 0.05) is 12.6 Å². The highest BCUT2D eigenvalue weighted by Gasteiger charge is 2.56. The number of benzene rings is 1. The Labute approximate surface area is 116 Å². The van der Waals surface area contributed by atoms with Crippen molar-refractivity contribution in [1.29, 1.82) is 0 Å². The molecule has 4 nitrogen and oxygen atoms in total. The summed E-state index contributed by atoms with van der Waals surface area (Å²) in [5.41, 5.74) is 0.849. The number of methoxy groups -OCH3 is 1. The van der Waals surface area contributed by atoms with Crippen LogP contribution in [0.4, 0.5) is 4.39 Å². The van der Waals surface area contributed by atoms with Gasteiger partial charge in [0.2, 0.25) is 0 Å². The molecule has 0 unspecified atom stereocenters. The fourth-order valence-corrected chi connectivity index (χ4v) is 2.76. The molecular formula is C15H17FN2O2. The average molecular weight is 276 g/mol. The molecule has 1 fully saturated rings. The third-order valence-corrected chi connectivity index (χ3v) is 3.91. The van der Waals surface area contributed by atoms with Crippen LogP contribution >= 0.6 is 0 Å². The van der Waals surface area contributed by atoms with E-state index in [4.69, 9.17) is 4.74 Å². The minimum Gasteiger partial charge on any atom is -0.468 e. The van der Waals surface area contributed by atoms with Gasteiger partial charge in [-0.05, 0) is 31.4 Å². The van der Waals surface area contributed by atoms with Crippen molar-refractivity contribution in [3.05, 3.63) is 29.8 Å². The quantitative estimate of drug-likeness (QED) is 0.807. The first kappa shape index (κ1) is 13.1. The lowest BCUT2D eigenvalue weighted by molar-refractivity contribution is -0.144. The lowest BCUT2D eigenvalue weighted by Crippen LogP contribution is -2.26. The second-order valence-corrected chi connectivity index (χ2v) is 5.29. The van der Waals surface area contributed by atoms with Crippen LogP contribution in [0.25, 0.3) is 11.0 Å². The fourth-order valence-electron chi connectivity index (χ4n) is 2.76. The van der Waals surface area contributed by atoms with E-state index in [0.29, 0.717) is 11.3 Å². The Bertz CT molecular complexity index is 674. The van der Waals surface area contributed by atoms with Gasteiger partial charge < -0.3 is 9.30 Å². The molecule has 1 aromatic heterocycles. The number of halogens is 1. The molecular weight excluding hydrogens is 259 g/mol. The van der Waals surface area contributed by atoms with Crippen LogP contribution in [0.5, 0.6) is 0 Å². The molecule has 2 aromatic rings. The number of esters is 1. The van der Waals surface area contributed by atoms with Crippen molar-refractivity contribution in [2.75, 3.05) is 7.11 Å². The molecule has 1 heterocycles. The van der Waals surface area contributed by atoms with Crippen LogP contribution in [0.2, 0.25) is 0 Å². The summed E-state index contributed by atoms with van der Waals surface area (Å²) in [5.74, 6) is 0.158. The van der Waals surface area contributed by atoms with Crippen molar-refractivity contribution >= 4 is 17.0 Å². The van der Waals surface area contributed by atoms with Crippen LogP contribution in [-0.4, -0.2) is 22.6 Å². The molecule has 0 spiro atoms. The van der Waals surface area contributed by atoms with Gasteiger partial charge in [-0.2, -0.15) is 0 Å². The molecule has 0 atom stereocenters. The van der Waals surface area contributed by atoms with Crippen LogP contribution in [-0.2, 0) is 21.5 Å². The van der Waals surface area contributed by atoms with Gasteiger partial charge in [0.25, 0.3) is 0 Å². The number of aromatic nitrogens is 2. The van der Waals surface area contributed by atoms with E-state index in [1.165, 1.54) is 19.2 Å². The van der Waals surface area contributed by atoms with E-state index in [2.05, 4.69) is 11.9 Å². The van der Waals surface area contributed by atoms with Crippen molar-refractivity contribution in [3.63, 3.8) is 0 Å². The Morgan fingerprint density at radius 2 is 2.25 bits per heavy atom. The number of rotatable bonds is 4. The Hall–Kier alpha value is -1.91. The van der Waals surface area contributed by atoms with Crippen molar-refractivity contribution in [2.24, 2.45) is 0 Å². The van der Waals surface area contributed by atoms with Gasteiger partial charge in [-0.25, -0.2) is 9.37 Å². The highest BCUT2D eigenvalue weighted by Crippen LogP contribution is 2.49. The van der Waals surface area contributed by atoms with E-state index in [9.17, 15) is 9.18 Å². The number of ether oxygens (including phenoxy) is 1. The number of imidazole rings is 1. The van der Waals surface area contributed by atoms with Gasteiger partial charge in [-0.1, -0.05) is 6.92 Å². The number of hydrogen-bond donors (Lipinski definition) is 0. The molecule has 0 radical (unpaired) electrons. The monoisotopic (exact) mass is 276 g/mol. The van der Waals surface area contributed by atoms with Crippen molar-refractivity contribution in [1.82, 2.24) is 9.55 Å². The van der Waals surface area contributed by atoms with Gasteiger partial charge in [-0.15, -0.1) is 0 Å². The van der Waals surface area contributed by atoms with Crippen LogP contribution in [0.15, 0.2) is 18.2 Å². The van der Waals surface area contributed by atoms with Gasteiger partial charge in [-0.3, -0.25) is 4.79 Å². The first-order chi connectivity index (χ1) is 9.62. The number of aryl methyl sites for hydroxylation is 1. The fraction of sp³-hybridized carbons (Fsp3) is 0.467. The van der Waals surface area contributed by atoms with Crippen LogP contribution in [0, 0.1) is 5.82 Å². The zero-order chi connectivity index (χ0) is 14.3. The Balaban J connectivity index is 2.19. The molecule has 1 aliphatic rings. The topological polar surface area (TPSA) is 44.1 Å². The summed E-state index contributed by atoms with van der Waals surface area (Å²) >= 11 is 0. The molecule has 20 heavy (non-hydrogen) atoms. The van der Waals surface area contributed by atoms with Crippen LogP contribution < -0.4 is 0 Å². The normalized spacial score (nSPS) is 16.4. The zero-order valence-corrected chi connectivity index (χ0v) is 11.6. The number of fused-ring (bicyclic) bond motifs is 1. The molecule has 1 aliphatic carbocycles. The minimum absolute atomic E-state index is 0.245. The maximum absolute atomic E-state index is 13.4. The van der Waals surface area contributed by atoms with Gasteiger partial charge in [0.05, 0.1) is 18.1 Å². The lowest BCUT2D eigenvalue weighted by atomic mass is 10.1. The Morgan fingerprint density at radius 1 is 1.50 bits per heavy atom. The zero-order valence-electron chi connectivity index (χ0n) is 11.6. The highest BCUT2D eigenvalue weighted by molar-refractivity contribution is 5.87. The van der Waals surface area contributed by atoms with E-state index >= 15 is 0 Å². The Morgan fingerprint density at radius 3 is 2.85 bits per heavy atom. The molecule has 0 bridgehead atoms. The van der Waals surface area contributed by atoms with Crippen molar-refractivity contribution in [2.45, 2.75) is 38.1 Å². The molecule has 1 aromatic carbocycles. The molecule has 3 rings (SSSR count). The van der Waals surface area contributed by atoms with Crippen molar-refractivity contribution in [3.8, 4) is 0 Å². The summed E-state index contributed by atoms with van der Waals surface area (Å²) in [6, 6.07) is 4.57. The van der Waals surface area contributed by atoms with Gasteiger partial charge in [0.15, 0.2) is 0 Å². The van der Waals surface area contributed by atoms with E-state index in [-0.39, 0.29) is 11.8 Å². The maximum Gasteiger partial charge on any atom is 0.319 e. The van der Waals surface area contributed by atoms with E-state index in [1.54, 1.807) is 6.07 Å². The number of nitrogens with zero attached hydrogens (tertiary/aromatic N) is 2. The molecule has 0 amide bonds. The molecule has 5 heteroatoms. The van der Waals surface area contributed by atoms with E-state index < -0.39 is 5.41 Å². The third-order valence-electron chi connectivity index (χ3n) is 3.91. The standard InChI is InChI=1S/C15H17FN2O2/c1-3-8-18-12-5-4-10(16)9-11(12)17-13(18)15(6-7-15)14(19)20-2/h4-5,9H,3,6-8H2,1-2H3. The molecule has 1 saturated carbocycles. The van der Waals surface area contributed by atoms with Gasteiger partial charge >= 0.3 is 5.97 Å². The predicted molar refractivity (Wildman–Crippen MR) is 72.9 cm³/mol. The summed E-state index contributed by atoms with van der Waals surface area (Å²) in [7, 11) is 1.40. The summed E-state index contributed by atoms with van der Waals surface area (Å²) < 4.78 is 20.3. The summed E-state index contributed by atoms with van der Waals surface area (Å²) in [6.07, 6.45) is 2.41. The number of carbonyl (C=O) groups is 1. The lowest BCUT2D eigenvalue weighted by Gasteiger charge is -2.14. The molecule has 0 saturated heterocycles. The average Bonchev–Trinajstić information content (AvgIpc) is 3.17. The predicted octanol–water partition coefficient (Wildman–Crippen LogP) is 2.79. The number of hydrogen-bond acceptors (Lipinski definition) is 3. The van der Waals surface area contributed by atoms with Crippen LogP contribution in [0.3, 0.4) is 0 Å². The van der Waals surface area contributed by atoms with Crippen LogP contribution in [0.1, 0.15) is 32.0 Å². The first-order valence-electron chi connectivity index (χ1n) is 6.87. The summed E-state index contributed by atoms with van der Waals surface area (Å²) in [5, 5.41) is 0. The minimum atomic E-state index is -0.626. The summed E-state index contributed by atoms with van der Waals surface area (Å²) in [6.45, 7) is 2.83. The smallest absolute Gasteiger partial charge is 0.319 e.